The SMILES string of the molecule is Cc1noc(C2CCCN(c3cnc4ccccc4n3)C2)n1. The summed E-state index contributed by atoms with van der Waals surface area (Å²) in [4.78, 5) is 15.9. The second kappa shape index (κ2) is 5.36. The number of benzene rings is 1. The number of aryl methyl sites for hydroxylation is 1. The first kappa shape index (κ1) is 13.2. The van der Waals surface area contributed by atoms with E-state index in [0.717, 1.165) is 48.7 Å². The summed E-state index contributed by atoms with van der Waals surface area (Å²) in [5.74, 6) is 2.61. The lowest BCUT2D eigenvalue weighted by Gasteiger charge is -2.31. The van der Waals surface area contributed by atoms with Crippen LogP contribution in [0.25, 0.3) is 11.0 Å². The Morgan fingerprint density at radius 2 is 2.05 bits per heavy atom. The number of aromatic nitrogens is 4. The van der Waals surface area contributed by atoms with Crippen molar-refractivity contribution in [3.8, 4) is 0 Å². The van der Waals surface area contributed by atoms with Gasteiger partial charge in [-0.25, -0.2) is 4.98 Å². The zero-order chi connectivity index (χ0) is 14.9. The van der Waals surface area contributed by atoms with Crippen LogP contribution in [0.5, 0.6) is 0 Å². The van der Waals surface area contributed by atoms with E-state index in [1.165, 1.54) is 0 Å². The third-order valence-electron chi connectivity index (χ3n) is 4.07. The lowest BCUT2D eigenvalue weighted by atomic mass is 9.98. The van der Waals surface area contributed by atoms with Gasteiger partial charge in [0.1, 0.15) is 5.82 Å². The molecule has 4 rings (SSSR count). The highest BCUT2D eigenvalue weighted by atomic mass is 16.5. The maximum Gasteiger partial charge on any atom is 0.231 e. The number of hydrogen-bond donors (Lipinski definition) is 0. The summed E-state index contributed by atoms with van der Waals surface area (Å²) in [6.07, 6.45) is 4.00. The van der Waals surface area contributed by atoms with Gasteiger partial charge in [0.05, 0.1) is 23.1 Å². The quantitative estimate of drug-likeness (QED) is 0.724. The topological polar surface area (TPSA) is 67.9 Å². The predicted octanol–water partition coefficient (Wildman–Crippen LogP) is 2.71. The van der Waals surface area contributed by atoms with Crippen molar-refractivity contribution in [1.29, 1.82) is 0 Å². The minimum Gasteiger partial charge on any atom is -0.355 e. The molecular weight excluding hydrogens is 278 g/mol. The van der Waals surface area contributed by atoms with Gasteiger partial charge in [0.25, 0.3) is 0 Å². The van der Waals surface area contributed by atoms with Crippen molar-refractivity contribution in [2.75, 3.05) is 18.0 Å². The predicted molar refractivity (Wildman–Crippen MR) is 82.8 cm³/mol. The fraction of sp³-hybridized carbons (Fsp3) is 0.375. The summed E-state index contributed by atoms with van der Waals surface area (Å²) in [7, 11) is 0. The van der Waals surface area contributed by atoms with Crippen LogP contribution < -0.4 is 4.90 Å². The standard InChI is InChI=1S/C16H17N5O/c1-11-18-16(22-20-11)12-5-4-8-21(10-12)15-9-17-13-6-2-3-7-14(13)19-15/h2-3,6-7,9,12H,4-5,8,10H2,1H3. The smallest absolute Gasteiger partial charge is 0.231 e. The molecule has 1 atom stereocenters. The monoisotopic (exact) mass is 295 g/mol. The fourth-order valence-electron chi connectivity index (χ4n) is 2.97. The average molecular weight is 295 g/mol. The molecule has 6 nitrogen and oxygen atoms in total. The third kappa shape index (κ3) is 2.41. The Morgan fingerprint density at radius 1 is 1.18 bits per heavy atom. The van der Waals surface area contributed by atoms with Gasteiger partial charge in [-0.2, -0.15) is 4.98 Å². The summed E-state index contributed by atoms with van der Waals surface area (Å²) < 4.78 is 5.33. The van der Waals surface area contributed by atoms with Gasteiger partial charge in [0.2, 0.25) is 5.89 Å². The van der Waals surface area contributed by atoms with Crippen LogP contribution in [0, 0.1) is 6.92 Å². The summed E-state index contributed by atoms with van der Waals surface area (Å²) in [6, 6.07) is 7.94. The zero-order valence-electron chi connectivity index (χ0n) is 12.4. The molecule has 112 valence electrons. The van der Waals surface area contributed by atoms with Crippen LogP contribution in [0.4, 0.5) is 5.82 Å². The van der Waals surface area contributed by atoms with Gasteiger partial charge in [-0.15, -0.1) is 0 Å². The molecule has 1 saturated heterocycles. The summed E-state index contributed by atoms with van der Waals surface area (Å²) >= 11 is 0. The average Bonchev–Trinajstić information content (AvgIpc) is 3.01. The molecule has 0 radical (unpaired) electrons. The van der Waals surface area contributed by atoms with Crippen LogP contribution in [0.1, 0.15) is 30.5 Å². The molecule has 3 aromatic rings. The maximum atomic E-state index is 5.33. The van der Waals surface area contributed by atoms with E-state index < -0.39 is 0 Å². The van der Waals surface area contributed by atoms with E-state index in [1.807, 2.05) is 37.4 Å². The minimum absolute atomic E-state index is 0.267. The van der Waals surface area contributed by atoms with Crippen LogP contribution in [0.15, 0.2) is 35.0 Å². The Labute approximate surface area is 128 Å². The molecule has 0 N–H and O–H groups in total. The van der Waals surface area contributed by atoms with E-state index in [2.05, 4.69) is 20.0 Å². The van der Waals surface area contributed by atoms with E-state index in [-0.39, 0.29) is 5.92 Å². The molecular formula is C16H17N5O. The van der Waals surface area contributed by atoms with E-state index >= 15 is 0 Å². The number of rotatable bonds is 2. The van der Waals surface area contributed by atoms with Crippen LogP contribution in [0.3, 0.4) is 0 Å². The molecule has 1 unspecified atom stereocenters. The van der Waals surface area contributed by atoms with Crippen LogP contribution in [-0.2, 0) is 0 Å². The van der Waals surface area contributed by atoms with Crippen molar-refractivity contribution in [2.24, 2.45) is 0 Å². The summed E-state index contributed by atoms with van der Waals surface area (Å²) in [6.45, 7) is 3.67. The van der Waals surface area contributed by atoms with Crippen molar-refractivity contribution in [3.63, 3.8) is 0 Å². The molecule has 0 aliphatic carbocycles. The molecule has 6 heteroatoms. The van der Waals surface area contributed by atoms with E-state index in [0.29, 0.717) is 5.82 Å². The van der Waals surface area contributed by atoms with E-state index in [9.17, 15) is 0 Å². The van der Waals surface area contributed by atoms with Crippen LogP contribution in [0.2, 0.25) is 0 Å². The number of piperidine rings is 1. The first-order valence-corrected chi connectivity index (χ1v) is 7.56. The Morgan fingerprint density at radius 3 is 2.86 bits per heavy atom. The van der Waals surface area contributed by atoms with Crippen LogP contribution >= 0.6 is 0 Å². The number of hydrogen-bond acceptors (Lipinski definition) is 6. The van der Waals surface area contributed by atoms with Gasteiger partial charge >= 0.3 is 0 Å². The largest absolute Gasteiger partial charge is 0.355 e. The summed E-state index contributed by atoms with van der Waals surface area (Å²) in [5.41, 5.74) is 1.85. The molecule has 2 aromatic heterocycles. The van der Waals surface area contributed by atoms with Crippen molar-refractivity contribution >= 4 is 16.9 Å². The van der Waals surface area contributed by atoms with Gasteiger partial charge in [-0.3, -0.25) is 4.98 Å². The first-order valence-electron chi connectivity index (χ1n) is 7.56. The molecule has 0 saturated carbocycles. The Hall–Kier alpha value is -2.50. The number of anilines is 1. The lowest BCUT2D eigenvalue weighted by molar-refractivity contribution is 0.331. The third-order valence-corrected chi connectivity index (χ3v) is 4.07. The molecule has 0 bridgehead atoms. The molecule has 1 fully saturated rings. The molecule has 3 heterocycles. The molecule has 0 amide bonds. The number of fused-ring (bicyclic) bond motifs is 1. The highest BCUT2D eigenvalue weighted by Gasteiger charge is 2.26. The maximum absolute atomic E-state index is 5.33. The van der Waals surface area contributed by atoms with Crippen molar-refractivity contribution in [1.82, 2.24) is 20.1 Å². The van der Waals surface area contributed by atoms with Gasteiger partial charge in [0.15, 0.2) is 5.82 Å². The van der Waals surface area contributed by atoms with Gasteiger partial charge < -0.3 is 9.42 Å². The lowest BCUT2D eigenvalue weighted by Crippen LogP contribution is -2.35. The highest BCUT2D eigenvalue weighted by molar-refractivity contribution is 5.75. The molecule has 1 aliphatic rings. The first-order chi connectivity index (χ1) is 10.8. The van der Waals surface area contributed by atoms with E-state index in [1.54, 1.807) is 0 Å². The zero-order valence-corrected chi connectivity index (χ0v) is 12.4. The Bertz CT molecular complexity index is 800. The van der Waals surface area contributed by atoms with E-state index in [4.69, 9.17) is 9.51 Å². The minimum atomic E-state index is 0.267. The normalized spacial score (nSPS) is 18.8. The molecule has 22 heavy (non-hydrogen) atoms. The Kier molecular flexibility index (Phi) is 3.21. The van der Waals surface area contributed by atoms with Crippen LogP contribution in [-0.4, -0.2) is 33.2 Å². The second-order valence-electron chi connectivity index (χ2n) is 5.68. The second-order valence-corrected chi connectivity index (χ2v) is 5.68. The number of para-hydroxylation sites is 2. The molecule has 1 aromatic carbocycles. The molecule has 0 spiro atoms. The van der Waals surface area contributed by atoms with Gasteiger partial charge in [-0.05, 0) is 31.9 Å². The van der Waals surface area contributed by atoms with Crippen molar-refractivity contribution < 1.29 is 4.52 Å². The van der Waals surface area contributed by atoms with Gasteiger partial charge in [-0.1, -0.05) is 17.3 Å². The van der Waals surface area contributed by atoms with Gasteiger partial charge in [0, 0.05) is 13.1 Å². The highest BCUT2D eigenvalue weighted by Crippen LogP contribution is 2.28. The van der Waals surface area contributed by atoms with Crippen molar-refractivity contribution in [3.05, 3.63) is 42.2 Å². The Balaban J connectivity index is 1.60. The van der Waals surface area contributed by atoms with Crippen molar-refractivity contribution in [2.45, 2.75) is 25.7 Å². The summed E-state index contributed by atoms with van der Waals surface area (Å²) in [5, 5.41) is 3.90. The fourth-order valence-corrected chi connectivity index (χ4v) is 2.97. The molecule has 1 aliphatic heterocycles. The number of nitrogens with zero attached hydrogens (tertiary/aromatic N) is 5.